The molecule has 0 heterocycles. The molecule has 1 rings (SSSR count). The number of benzene rings is 1. The molecule has 0 spiro atoms. The van der Waals surface area contributed by atoms with Crippen LogP contribution in [0.1, 0.15) is 31.1 Å². The number of Topliss-reactive ketones (excluding diaryl/α,β-unsaturated/α-hetero) is 1. The van der Waals surface area contributed by atoms with Crippen LogP contribution in [0.4, 0.5) is 4.79 Å². The van der Waals surface area contributed by atoms with Gasteiger partial charge in [-0.2, -0.15) is 0 Å². The van der Waals surface area contributed by atoms with Gasteiger partial charge in [-0.1, -0.05) is 5.16 Å². The van der Waals surface area contributed by atoms with E-state index < -0.39 is 23.6 Å². The maximum atomic E-state index is 12.4. The zero-order valence-corrected chi connectivity index (χ0v) is 13.7. The van der Waals surface area contributed by atoms with Crippen LogP contribution >= 0.6 is 0 Å². The van der Waals surface area contributed by atoms with Gasteiger partial charge in [0.1, 0.15) is 5.75 Å². The maximum absolute atomic E-state index is 12.4. The summed E-state index contributed by atoms with van der Waals surface area (Å²) in [5.74, 6) is -1.17. The summed E-state index contributed by atoms with van der Waals surface area (Å²) >= 11 is 0. The summed E-state index contributed by atoms with van der Waals surface area (Å²) in [6, 6.07) is 6.08. The Kier molecular flexibility index (Phi) is 7.97. The molecule has 0 fully saturated rings. The van der Waals surface area contributed by atoms with Crippen LogP contribution in [0.15, 0.2) is 29.4 Å². The van der Waals surface area contributed by atoms with Gasteiger partial charge in [-0.15, -0.1) is 0 Å². The van der Waals surface area contributed by atoms with Gasteiger partial charge in [-0.25, -0.2) is 9.59 Å². The van der Waals surface area contributed by atoms with Crippen LogP contribution in [0.5, 0.6) is 5.75 Å². The quantitative estimate of drug-likeness (QED) is 0.179. The van der Waals surface area contributed by atoms with Gasteiger partial charge in [0.2, 0.25) is 11.5 Å². The monoisotopic (exact) mass is 337 g/mol. The molecule has 0 saturated carbocycles. The van der Waals surface area contributed by atoms with E-state index in [1.54, 1.807) is 26.0 Å². The van der Waals surface area contributed by atoms with Gasteiger partial charge < -0.3 is 14.2 Å². The molecule has 1 aromatic carbocycles. The van der Waals surface area contributed by atoms with E-state index in [1.165, 1.54) is 12.1 Å². The number of oxime groups is 1. The Bertz CT molecular complexity index is 607. The van der Waals surface area contributed by atoms with Crippen LogP contribution in [-0.2, 0) is 19.1 Å². The third-order valence-electron chi connectivity index (χ3n) is 2.59. The third kappa shape index (κ3) is 5.71. The first kappa shape index (κ1) is 19.1. The van der Waals surface area contributed by atoms with Crippen molar-refractivity contribution in [1.29, 1.82) is 0 Å². The van der Waals surface area contributed by atoms with E-state index in [0.29, 0.717) is 12.4 Å². The van der Waals surface area contributed by atoms with Crippen LogP contribution in [0.2, 0.25) is 0 Å². The number of carbonyl (C=O) groups excluding carboxylic acids is 3. The molecule has 1 aromatic rings. The fourth-order valence-corrected chi connectivity index (χ4v) is 1.60. The van der Waals surface area contributed by atoms with Gasteiger partial charge in [-0.05, 0) is 45.0 Å². The van der Waals surface area contributed by atoms with Gasteiger partial charge in [-0.3, -0.25) is 9.63 Å². The molecule has 0 N–H and O–H groups in total. The minimum Gasteiger partial charge on any atom is -0.494 e. The molecule has 0 aliphatic carbocycles. The summed E-state index contributed by atoms with van der Waals surface area (Å²) in [6.07, 6.45) is -1.13. The lowest BCUT2D eigenvalue weighted by Gasteiger charge is -2.06. The van der Waals surface area contributed by atoms with Crippen LogP contribution < -0.4 is 4.74 Å². The SMILES string of the molecule is CCOC(=O)O/N=C(\C(=O)OCC)C(=O)c1ccc(OCC)cc1. The van der Waals surface area contributed by atoms with E-state index >= 15 is 0 Å². The van der Waals surface area contributed by atoms with Crippen molar-refractivity contribution < 1.29 is 33.4 Å². The Hall–Kier alpha value is -2.90. The van der Waals surface area contributed by atoms with Gasteiger partial charge in [0.15, 0.2) is 0 Å². The van der Waals surface area contributed by atoms with Gasteiger partial charge in [0.05, 0.1) is 19.8 Å². The lowest BCUT2D eigenvalue weighted by molar-refractivity contribution is -0.135. The van der Waals surface area contributed by atoms with Crippen LogP contribution in [0, 0.1) is 0 Å². The Morgan fingerprint density at radius 3 is 2.08 bits per heavy atom. The zero-order valence-electron chi connectivity index (χ0n) is 13.7. The number of hydrogen-bond donors (Lipinski definition) is 0. The van der Waals surface area contributed by atoms with Gasteiger partial charge in [0, 0.05) is 5.56 Å². The second-order valence-electron chi connectivity index (χ2n) is 4.22. The molecule has 0 unspecified atom stereocenters. The molecule has 130 valence electrons. The average Bonchev–Trinajstić information content (AvgIpc) is 2.56. The number of hydrogen-bond acceptors (Lipinski definition) is 8. The third-order valence-corrected chi connectivity index (χ3v) is 2.59. The van der Waals surface area contributed by atoms with Gasteiger partial charge in [0.25, 0.3) is 0 Å². The average molecular weight is 337 g/mol. The van der Waals surface area contributed by atoms with E-state index in [2.05, 4.69) is 14.7 Å². The number of ether oxygens (including phenoxy) is 3. The fourth-order valence-electron chi connectivity index (χ4n) is 1.60. The van der Waals surface area contributed by atoms with Gasteiger partial charge >= 0.3 is 12.1 Å². The van der Waals surface area contributed by atoms with E-state index in [9.17, 15) is 14.4 Å². The molecule has 0 aliphatic heterocycles. The summed E-state index contributed by atoms with van der Waals surface area (Å²) in [5, 5.41) is 3.28. The van der Waals surface area contributed by atoms with E-state index in [-0.39, 0.29) is 18.8 Å². The van der Waals surface area contributed by atoms with Crippen molar-refractivity contribution in [3.63, 3.8) is 0 Å². The molecule has 8 nitrogen and oxygen atoms in total. The lowest BCUT2D eigenvalue weighted by Crippen LogP contribution is -2.27. The highest BCUT2D eigenvalue weighted by molar-refractivity contribution is 6.67. The Morgan fingerprint density at radius 2 is 1.54 bits per heavy atom. The number of nitrogens with zero attached hydrogens (tertiary/aromatic N) is 1. The molecular weight excluding hydrogens is 318 g/mol. The Labute approximate surface area is 139 Å². The van der Waals surface area contributed by atoms with Crippen molar-refractivity contribution in [3.05, 3.63) is 29.8 Å². The van der Waals surface area contributed by atoms with Crippen molar-refractivity contribution in [2.45, 2.75) is 20.8 Å². The molecule has 0 atom stereocenters. The number of esters is 1. The zero-order chi connectivity index (χ0) is 17.9. The highest BCUT2D eigenvalue weighted by Crippen LogP contribution is 2.13. The van der Waals surface area contributed by atoms with Crippen LogP contribution in [-0.4, -0.2) is 43.4 Å². The predicted molar refractivity (Wildman–Crippen MR) is 84.1 cm³/mol. The van der Waals surface area contributed by atoms with Crippen molar-refractivity contribution in [1.82, 2.24) is 0 Å². The van der Waals surface area contributed by atoms with Crippen molar-refractivity contribution in [2.24, 2.45) is 5.16 Å². The van der Waals surface area contributed by atoms with E-state index in [1.807, 2.05) is 6.92 Å². The maximum Gasteiger partial charge on any atom is 0.535 e. The second kappa shape index (κ2) is 9.98. The second-order valence-corrected chi connectivity index (χ2v) is 4.22. The van der Waals surface area contributed by atoms with Crippen LogP contribution in [0.3, 0.4) is 0 Å². The Morgan fingerprint density at radius 1 is 0.917 bits per heavy atom. The number of carbonyl (C=O) groups is 3. The standard InChI is InChI=1S/C16H19NO7/c1-4-21-12-9-7-11(8-10-12)14(18)13(15(19)22-5-2)17-24-16(20)23-6-3/h7-10H,4-6H2,1-3H3/b17-13-. The summed E-state index contributed by atoms with van der Waals surface area (Å²) in [6.45, 7) is 5.56. The molecule has 0 aromatic heterocycles. The topological polar surface area (TPSA) is 100 Å². The summed E-state index contributed by atoms with van der Waals surface area (Å²) < 4.78 is 14.5. The molecule has 0 bridgehead atoms. The van der Waals surface area contributed by atoms with Crippen molar-refractivity contribution >= 4 is 23.6 Å². The summed E-state index contributed by atoms with van der Waals surface area (Å²) in [7, 11) is 0. The fraction of sp³-hybridized carbons (Fsp3) is 0.375. The van der Waals surface area contributed by atoms with Crippen molar-refractivity contribution in [3.8, 4) is 5.75 Å². The molecular formula is C16H19NO7. The van der Waals surface area contributed by atoms with Crippen molar-refractivity contribution in [2.75, 3.05) is 19.8 Å². The first-order valence-electron chi connectivity index (χ1n) is 7.39. The molecule has 0 amide bonds. The molecule has 24 heavy (non-hydrogen) atoms. The first-order chi connectivity index (χ1) is 11.5. The molecule has 0 aliphatic rings. The lowest BCUT2D eigenvalue weighted by atomic mass is 10.1. The van der Waals surface area contributed by atoms with E-state index in [0.717, 1.165) is 0 Å². The molecule has 0 radical (unpaired) electrons. The molecule has 8 heteroatoms. The first-order valence-corrected chi connectivity index (χ1v) is 7.39. The highest BCUT2D eigenvalue weighted by atomic mass is 16.8. The highest BCUT2D eigenvalue weighted by Gasteiger charge is 2.25. The Balaban J connectivity index is 2.99. The normalized spacial score (nSPS) is 10.7. The smallest absolute Gasteiger partial charge is 0.494 e. The largest absolute Gasteiger partial charge is 0.535 e. The summed E-state index contributed by atoms with van der Waals surface area (Å²) in [4.78, 5) is 39.8. The number of rotatable bonds is 8. The predicted octanol–water partition coefficient (Wildman–Crippen LogP) is 2.36. The summed E-state index contributed by atoms with van der Waals surface area (Å²) in [5.41, 5.74) is -0.494. The van der Waals surface area contributed by atoms with Crippen LogP contribution in [0.25, 0.3) is 0 Å². The molecule has 0 saturated heterocycles. The minimum absolute atomic E-state index is 0.0355. The number of ketones is 1. The van der Waals surface area contributed by atoms with E-state index in [4.69, 9.17) is 9.47 Å². The minimum atomic E-state index is -1.13.